The lowest BCUT2D eigenvalue weighted by Crippen LogP contribution is -2.26. The summed E-state index contributed by atoms with van der Waals surface area (Å²) in [7, 11) is 1.82. The number of H-pyrrole nitrogens is 1. The summed E-state index contributed by atoms with van der Waals surface area (Å²) in [6, 6.07) is 11.9. The number of aromatic amines is 1. The Labute approximate surface area is 195 Å². The number of rotatable bonds is 8. The van der Waals surface area contributed by atoms with Crippen LogP contribution in [0.1, 0.15) is 31.2 Å². The van der Waals surface area contributed by atoms with Crippen molar-refractivity contribution in [3.63, 3.8) is 0 Å². The third-order valence-corrected chi connectivity index (χ3v) is 5.69. The minimum absolute atomic E-state index is 0.159. The molecule has 4 aromatic heterocycles. The predicted octanol–water partition coefficient (Wildman–Crippen LogP) is 2.40. The van der Waals surface area contributed by atoms with Crippen molar-refractivity contribution < 1.29 is 0 Å². The van der Waals surface area contributed by atoms with Crippen LogP contribution >= 0.6 is 0 Å². The van der Waals surface area contributed by atoms with Gasteiger partial charge in [-0.1, -0.05) is 31.5 Å². The van der Waals surface area contributed by atoms with E-state index in [4.69, 9.17) is 0 Å². The Bertz CT molecular complexity index is 1460. The average Bonchev–Trinajstić information content (AvgIpc) is 3.60. The topological polar surface area (TPSA) is 125 Å². The number of benzene rings is 1. The first-order valence-electron chi connectivity index (χ1n) is 11.1. The second-order valence-corrected chi connectivity index (χ2v) is 8.06. The van der Waals surface area contributed by atoms with Crippen LogP contribution in [0.4, 0.5) is 0 Å². The van der Waals surface area contributed by atoms with Crippen LogP contribution in [-0.4, -0.2) is 49.5 Å². The molecule has 0 saturated heterocycles. The SMILES string of the molecule is CCCCc1cn(-c2nncn2C)c(=O)n1Cc1cc(-c2cccc(-c3nn[nH]n3)c2)ccn1. The lowest BCUT2D eigenvalue weighted by molar-refractivity contribution is 0.659. The number of imidazole rings is 1. The number of nitrogens with zero attached hydrogens (tertiary/aromatic N) is 9. The molecule has 0 amide bonds. The summed E-state index contributed by atoms with van der Waals surface area (Å²) in [5, 5.41) is 22.2. The van der Waals surface area contributed by atoms with Crippen LogP contribution in [0.15, 0.2) is 59.9 Å². The quantitative estimate of drug-likeness (QED) is 0.380. The van der Waals surface area contributed by atoms with Crippen molar-refractivity contribution in [1.29, 1.82) is 0 Å². The van der Waals surface area contributed by atoms with Crippen LogP contribution in [0.3, 0.4) is 0 Å². The summed E-state index contributed by atoms with van der Waals surface area (Å²) in [6.07, 6.45) is 8.02. The van der Waals surface area contributed by atoms with E-state index in [0.717, 1.165) is 47.3 Å². The molecule has 11 heteroatoms. The van der Waals surface area contributed by atoms with Gasteiger partial charge >= 0.3 is 5.69 Å². The second-order valence-electron chi connectivity index (χ2n) is 8.06. The molecular formula is C23H24N10O. The summed E-state index contributed by atoms with van der Waals surface area (Å²) in [4.78, 5) is 17.9. The Balaban J connectivity index is 1.49. The smallest absolute Gasteiger partial charge is 0.302 e. The lowest BCUT2D eigenvalue weighted by atomic mass is 10.0. The van der Waals surface area contributed by atoms with Crippen LogP contribution in [-0.2, 0) is 20.0 Å². The van der Waals surface area contributed by atoms with Crippen LogP contribution in [0.5, 0.6) is 0 Å². The summed E-state index contributed by atoms with van der Waals surface area (Å²) in [6.45, 7) is 2.50. The van der Waals surface area contributed by atoms with Crippen molar-refractivity contribution in [2.45, 2.75) is 32.7 Å². The number of hydrogen-bond acceptors (Lipinski definition) is 7. The molecule has 5 rings (SSSR count). The Kier molecular flexibility index (Phi) is 5.81. The van der Waals surface area contributed by atoms with Gasteiger partial charge in [0.2, 0.25) is 11.8 Å². The fourth-order valence-electron chi connectivity index (χ4n) is 3.92. The van der Waals surface area contributed by atoms with Crippen molar-refractivity contribution in [2.75, 3.05) is 0 Å². The molecule has 172 valence electrons. The molecular weight excluding hydrogens is 432 g/mol. The fourth-order valence-corrected chi connectivity index (χ4v) is 3.92. The van der Waals surface area contributed by atoms with Gasteiger partial charge in [-0.15, -0.1) is 20.4 Å². The highest BCUT2D eigenvalue weighted by atomic mass is 16.2. The van der Waals surface area contributed by atoms with Gasteiger partial charge in [0.15, 0.2) is 0 Å². The Morgan fingerprint density at radius 2 is 1.91 bits per heavy atom. The summed E-state index contributed by atoms with van der Waals surface area (Å²) >= 11 is 0. The normalized spacial score (nSPS) is 11.2. The highest BCUT2D eigenvalue weighted by Gasteiger charge is 2.16. The molecule has 0 spiro atoms. The van der Waals surface area contributed by atoms with Gasteiger partial charge in [-0.3, -0.25) is 9.55 Å². The second kappa shape index (κ2) is 9.22. The van der Waals surface area contributed by atoms with Crippen molar-refractivity contribution in [3.8, 4) is 28.5 Å². The molecule has 0 aliphatic rings. The maximum absolute atomic E-state index is 13.3. The maximum atomic E-state index is 13.3. The zero-order chi connectivity index (χ0) is 23.5. The summed E-state index contributed by atoms with van der Waals surface area (Å²) in [5.74, 6) is 1.02. The van der Waals surface area contributed by atoms with E-state index in [-0.39, 0.29) is 5.69 Å². The van der Waals surface area contributed by atoms with Crippen LogP contribution in [0, 0.1) is 0 Å². The summed E-state index contributed by atoms with van der Waals surface area (Å²) < 4.78 is 5.05. The molecule has 34 heavy (non-hydrogen) atoms. The molecule has 4 heterocycles. The van der Waals surface area contributed by atoms with E-state index in [0.29, 0.717) is 18.3 Å². The minimum Gasteiger partial charge on any atom is -0.302 e. The predicted molar refractivity (Wildman–Crippen MR) is 125 cm³/mol. The van der Waals surface area contributed by atoms with Gasteiger partial charge in [0, 0.05) is 30.7 Å². The van der Waals surface area contributed by atoms with E-state index in [9.17, 15) is 4.79 Å². The van der Waals surface area contributed by atoms with Crippen LogP contribution in [0.25, 0.3) is 28.5 Å². The van der Waals surface area contributed by atoms with Gasteiger partial charge < -0.3 is 4.57 Å². The average molecular weight is 457 g/mol. The zero-order valence-electron chi connectivity index (χ0n) is 19.0. The van der Waals surface area contributed by atoms with E-state index in [2.05, 4.69) is 42.7 Å². The number of aromatic nitrogens is 10. The van der Waals surface area contributed by atoms with Gasteiger partial charge in [0.1, 0.15) is 6.33 Å². The van der Waals surface area contributed by atoms with E-state index in [1.54, 1.807) is 26.2 Å². The standard InChI is InChI=1S/C23H24N10O/c1-3-4-8-20-14-33(22-28-25-15-31(22)2)23(34)32(20)13-19-12-17(9-10-24-19)16-6-5-7-18(11-16)21-26-29-30-27-21/h5-7,9-12,14-15H,3-4,8,13H2,1-2H3,(H,26,27,29,30). The van der Waals surface area contributed by atoms with Crippen LogP contribution in [0.2, 0.25) is 0 Å². The number of pyridine rings is 1. The molecule has 0 aliphatic heterocycles. The van der Waals surface area contributed by atoms with Gasteiger partial charge in [-0.25, -0.2) is 9.36 Å². The van der Waals surface area contributed by atoms with Gasteiger partial charge in [0.25, 0.3) is 0 Å². The molecule has 0 radical (unpaired) electrons. The molecule has 0 atom stereocenters. The number of nitrogens with one attached hydrogen (secondary N) is 1. The molecule has 0 saturated carbocycles. The Morgan fingerprint density at radius 3 is 2.68 bits per heavy atom. The van der Waals surface area contributed by atoms with Crippen molar-refractivity contribution >= 4 is 0 Å². The largest absolute Gasteiger partial charge is 0.335 e. The first-order valence-corrected chi connectivity index (χ1v) is 11.1. The van der Waals surface area contributed by atoms with E-state index in [1.807, 2.05) is 49.6 Å². The van der Waals surface area contributed by atoms with Crippen molar-refractivity contribution in [1.82, 2.24) is 49.5 Å². The van der Waals surface area contributed by atoms with Crippen molar-refractivity contribution in [3.05, 3.63) is 77.0 Å². The number of hydrogen-bond donors (Lipinski definition) is 1. The van der Waals surface area contributed by atoms with Crippen molar-refractivity contribution in [2.24, 2.45) is 7.05 Å². The molecule has 11 nitrogen and oxygen atoms in total. The Morgan fingerprint density at radius 1 is 1.06 bits per heavy atom. The Hall–Kier alpha value is -4.41. The monoisotopic (exact) mass is 456 g/mol. The molecule has 0 bridgehead atoms. The molecule has 1 N–H and O–H groups in total. The number of aryl methyl sites for hydroxylation is 2. The van der Waals surface area contributed by atoms with Gasteiger partial charge in [-0.2, -0.15) is 5.21 Å². The zero-order valence-corrected chi connectivity index (χ0v) is 19.0. The molecule has 5 aromatic rings. The minimum atomic E-state index is -0.159. The third kappa shape index (κ3) is 4.15. The van der Waals surface area contributed by atoms with Crippen LogP contribution < -0.4 is 5.69 Å². The lowest BCUT2D eigenvalue weighted by Gasteiger charge is -2.09. The highest BCUT2D eigenvalue weighted by molar-refractivity contribution is 5.70. The highest BCUT2D eigenvalue weighted by Crippen LogP contribution is 2.24. The first-order chi connectivity index (χ1) is 16.6. The maximum Gasteiger partial charge on any atom is 0.335 e. The number of unbranched alkanes of at least 4 members (excludes halogenated alkanes) is 1. The van der Waals surface area contributed by atoms with E-state index >= 15 is 0 Å². The molecule has 0 aliphatic carbocycles. The van der Waals surface area contributed by atoms with Gasteiger partial charge in [0.05, 0.1) is 12.2 Å². The van der Waals surface area contributed by atoms with E-state index < -0.39 is 0 Å². The number of tetrazole rings is 1. The molecule has 0 fully saturated rings. The summed E-state index contributed by atoms with van der Waals surface area (Å²) in [5.41, 5.74) is 4.43. The van der Waals surface area contributed by atoms with E-state index in [1.165, 1.54) is 0 Å². The van der Waals surface area contributed by atoms with Gasteiger partial charge in [-0.05, 0) is 47.4 Å². The molecule has 0 unspecified atom stereocenters. The first kappa shape index (κ1) is 21.4. The third-order valence-electron chi connectivity index (χ3n) is 5.69. The molecule has 1 aromatic carbocycles. The fraction of sp³-hybridized carbons (Fsp3) is 0.261.